The molecule has 0 saturated heterocycles. The first kappa shape index (κ1) is 31.9. The molecule has 0 bridgehead atoms. The lowest BCUT2D eigenvalue weighted by atomic mass is 9.96. The summed E-state index contributed by atoms with van der Waals surface area (Å²) in [6.45, 7) is 0.532. The Bertz CT molecular complexity index is 1460. The van der Waals surface area contributed by atoms with Gasteiger partial charge >= 0.3 is 0 Å². The standard InChI is InChI=1S/C30H39N7O5S/c38-28(36-40)13-6-1-2-7-19-31-29(39)22-14-16-23(17-15-22)34-30-32-20-18-27(35-30)33-25-11-8-12-26(21-25)43(41,42)37-24-9-4-3-5-10-24/h8,11-12,14-18,20-21,24,37,40H,1-7,9-10,13,19H2,(H,31,39)(H,36,38)(H2,32,33,34,35). The Morgan fingerprint density at radius 2 is 1.65 bits per heavy atom. The van der Waals surface area contributed by atoms with Gasteiger partial charge in [0.25, 0.3) is 5.91 Å². The molecule has 12 nitrogen and oxygen atoms in total. The quantitative estimate of drug-likeness (QED) is 0.0806. The van der Waals surface area contributed by atoms with Crippen LogP contribution in [0.2, 0.25) is 0 Å². The molecule has 1 aliphatic rings. The molecule has 0 atom stereocenters. The second-order valence-electron chi connectivity index (χ2n) is 10.5. The molecule has 2 aromatic carbocycles. The van der Waals surface area contributed by atoms with E-state index in [4.69, 9.17) is 5.21 Å². The highest BCUT2D eigenvalue weighted by Gasteiger charge is 2.22. The Kier molecular flexibility index (Phi) is 11.8. The predicted molar refractivity (Wildman–Crippen MR) is 164 cm³/mol. The number of carbonyl (C=O) groups is 2. The van der Waals surface area contributed by atoms with Crippen LogP contribution in [0.15, 0.2) is 65.7 Å². The fraction of sp³-hybridized carbons (Fsp3) is 0.400. The predicted octanol–water partition coefficient (Wildman–Crippen LogP) is 4.76. The van der Waals surface area contributed by atoms with Gasteiger partial charge < -0.3 is 16.0 Å². The molecular formula is C30H39N7O5S. The van der Waals surface area contributed by atoms with Crippen molar-refractivity contribution >= 4 is 45.0 Å². The van der Waals surface area contributed by atoms with Gasteiger partial charge in [-0.25, -0.2) is 23.6 Å². The minimum atomic E-state index is -3.63. The minimum absolute atomic E-state index is 0.0222. The molecule has 230 valence electrons. The lowest BCUT2D eigenvalue weighted by molar-refractivity contribution is -0.129. The highest BCUT2D eigenvalue weighted by atomic mass is 32.2. The summed E-state index contributed by atoms with van der Waals surface area (Å²) in [5.74, 6) is 0.258. The Morgan fingerprint density at radius 1 is 0.884 bits per heavy atom. The SMILES string of the molecule is O=C(CCCCCCNC(=O)c1ccc(Nc2nccc(Nc3cccc(S(=O)(=O)NC4CCCCC4)c3)n2)cc1)NO. The number of unbranched alkanes of at least 4 members (excludes halogenated alkanes) is 3. The average molecular weight is 610 g/mol. The molecule has 0 radical (unpaired) electrons. The molecule has 0 aliphatic heterocycles. The van der Waals surface area contributed by atoms with Crippen molar-refractivity contribution in [3.8, 4) is 0 Å². The van der Waals surface area contributed by atoms with Crippen molar-refractivity contribution in [1.29, 1.82) is 0 Å². The molecule has 3 aromatic rings. The van der Waals surface area contributed by atoms with Gasteiger partial charge in [-0.2, -0.15) is 4.98 Å². The molecular weight excluding hydrogens is 570 g/mol. The third-order valence-electron chi connectivity index (χ3n) is 7.14. The molecule has 6 N–H and O–H groups in total. The molecule has 0 spiro atoms. The van der Waals surface area contributed by atoms with E-state index >= 15 is 0 Å². The van der Waals surface area contributed by atoms with Crippen LogP contribution in [-0.4, -0.2) is 48.0 Å². The molecule has 0 unspecified atom stereocenters. The van der Waals surface area contributed by atoms with Crippen LogP contribution in [-0.2, 0) is 14.8 Å². The Morgan fingerprint density at radius 3 is 2.42 bits per heavy atom. The van der Waals surface area contributed by atoms with Gasteiger partial charge in [-0.3, -0.25) is 14.8 Å². The van der Waals surface area contributed by atoms with E-state index in [-0.39, 0.29) is 29.2 Å². The maximum atomic E-state index is 12.9. The largest absolute Gasteiger partial charge is 0.352 e. The Hall–Kier alpha value is -4.07. The van der Waals surface area contributed by atoms with Crippen molar-refractivity contribution in [3.63, 3.8) is 0 Å². The molecule has 13 heteroatoms. The number of hydrogen-bond donors (Lipinski definition) is 6. The van der Waals surface area contributed by atoms with Crippen LogP contribution in [0, 0.1) is 0 Å². The number of aromatic nitrogens is 2. The number of hydrogen-bond acceptors (Lipinski definition) is 9. The third-order valence-corrected chi connectivity index (χ3v) is 8.66. The van der Waals surface area contributed by atoms with Crippen LogP contribution in [0.1, 0.15) is 74.6 Å². The van der Waals surface area contributed by atoms with E-state index in [9.17, 15) is 18.0 Å². The second-order valence-corrected chi connectivity index (χ2v) is 12.2. The average Bonchev–Trinajstić information content (AvgIpc) is 3.01. The van der Waals surface area contributed by atoms with Crippen LogP contribution in [0.3, 0.4) is 0 Å². The Labute approximate surface area is 252 Å². The number of anilines is 4. The van der Waals surface area contributed by atoms with Gasteiger partial charge in [-0.1, -0.05) is 38.2 Å². The molecule has 2 amide bonds. The lowest BCUT2D eigenvalue weighted by Gasteiger charge is -2.22. The monoisotopic (exact) mass is 609 g/mol. The number of carbonyl (C=O) groups excluding carboxylic acids is 2. The summed E-state index contributed by atoms with van der Waals surface area (Å²) in [7, 11) is -3.63. The number of sulfonamides is 1. The van der Waals surface area contributed by atoms with Gasteiger partial charge in [0, 0.05) is 42.1 Å². The number of nitrogens with one attached hydrogen (secondary N) is 5. The fourth-order valence-corrected chi connectivity index (χ4v) is 6.19. The number of hydroxylamine groups is 1. The zero-order valence-corrected chi connectivity index (χ0v) is 24.8. The number of amides is 2. The van der Waals surface area contributed by atoms with Crippen molar-refractivity contribution in [3.05, 3.63) is 66.4 Å². The van der Waals surface area contributed by atoms with Gasteiger partial charge in [0.05, 0.1) is 4.90 Å². The first-order valence-electron chi connectivity index (χ1n) is 14.6. The maximum Gasteiger partial charge on any atom is 0.251 e. The van der Waals surface area contributed by atoms with E-state index in [0.717, 1.165) is 51.4 Å². The molecule has 1 aliphatic carbocycles. The van der Waals surface area contributed by atoms with Gasteiger partial charge in [-0.15, -0.1) is 0 Å². The zero-order chi connectivity index (χ0) is 30.5. The number of benzene rings is 2. The van der Waals surface area contributed by atoms with Crippen molar-refractivity contribution in [1.82, 2.24) is 25.5 Å². The molecule has 4 rings (SSSR count). The van der Waals surface area contributed by atoms with Crippen molar-refractivity contribution in [2.45, 2.75) is 75.1 Å². The molecule has 1 heterocycles. The molecule has 1 aromatic heterocycles. The fourth-order valence-electron chi connectivity index (χ4n) is 4.84. The summed E-state index contributed by atoms with van der Waals surface area (Å²) in [5.41, 5.74) is 3.42. The topological polar surface area (TPSA) is 174 Å². The van der Waals surface area contributed by atoms with Crippen molar-refractivity contribution in [2.24, 2.45) is 0 Å². The van der Waals surface area contributed by atoms with Crippen LogP contribution >= 0.6 is 0 Å². The highest BCUT2D eigenvalue weighted by Crippen LogP contribution is 2.23. The van der Waals surface area contributed by atoms with Crippen molar-refractivity contribution < 1.29 is 23.2 Å². The summed E-state index contributed by atoms with van der Waals surface area (Å²) >= 11 is 0. The summed E-state index contributed by atoms with van der Waals surface area (Å²) in [6.07, 6.45) is 10.0. The van der Waals surface area contributed by atoms with E-state index in [1.165, 1.54) is 0 Å². The van der Waals surface area contributed by atoms with E-state index < -0.39 is 10.0 Å². The van der Waals surface area contributed by atoms with Gasteiger partial charge in [-0.05, 0) is 74.2 Å². The third kappa shape index (κ3) is 10.3. The van der Waals surface area contributed by atoms with Crippen LogP contribution in [0.25, 0.3) is 0 Å². The summed E-state index contributed by atoms with van der Waals surface area (Å²) in [5, 5.41) is 17.6. The maximum absolute atomic E-state index is 12.9. The molecule has 1 fully saturated rings. The van der Waals surface area contributed by atoms with E-state index in [1.54, 1.807) is 66.3 Å². The summed E-state index contributed by atoms with van der Waals surface area (Å²) in [4.78, 5) is 32.4. The first-order chi connectivity index (χ1) is 20.8. The molecule has 1 saturated carbocycles. The zero-order valence-electron chi connectivity index (χ0n) is 24.0. The van der Waals surface area contributed by atoms with Gasteiger partial charge in [0.1, 0.15) is 5.82 Å². The van der Waals surface area contributed by atoms with Crippen LogP contribution in [0.5, 0.6) is 0 Å². The smallest absolute Gasteiger partial charge is 0.251 e. The second kappa shape index (κ2) is 16.0. The van der Waals surface area contributed by atoms with E-state index in [1.807, 2.05) is 0 Å². The van der Waals surface area contributed by atoms with Crippen molar-refractivity contribution in [2.75, 3.05) is 17.2 Å². The van der Waals surface area contributed by atoms with E-state index in [0.29, 0.717) is 41.7 Å². The van der Waals surface area contributed by atoms with E-state index in [2.05, 4.69) is 30.6 Å². The normalized spacial score (nSPS) is 13.7. The first-order valence-corrected chi connectivity index (χ1v) is 16.1. The molecule has 43 heavy (non-hydrogen) atoms. The Balaban J connectivity index is 1.26. The van der Waals surface area contributed by atoms with Gasteiger partial charge in [0.2, 0.25) is 21.9 Å². The van der Waals surface area contributed by atoms with Gasteiger partial charge in [0.15, 0.2) is 0 Å². The summed E-state index contributed by atoms with van der Waals surface area (Å²) in [6, 6.07) is 15.2. The van der Waals surface area contributed by atoms with Crippen LogP contribution < -0.4 is 26.2 Å². The lowest BCUT2D eigenvalue weighted by Crippen LogP contribution is -2.36. The number of nitrogens with zero attached hydrogens (tertiary/aromatic N) is 2. The van der Waals surface area contributed by atoms with Crippen LogP contribution in [0.4, 0.5) is 23.1 Å². The number of rotatable bonds is 15. The highest BCUT2D eigenvalue weighted by molar-refractivity contribution is 7.89. The summed E-state index contributed by atoms with van der Waals surface area (Å²) < 4.78 is 28.7. The minimum Gasteiger partial charge on any atom is -0.352 e.